The third-order valence-electron chi connectivity index (χ3n) is 1.56. The first-order chi connectivity index (χ1) is 5.04. The van der Waals surface area contributed by atoms with Gasteiger partial charge in [0.2, 0.25) is 0 Å². The van der Waals surface area contributed by atoms with Crippen LogP contribution in [0.15, 0.2) is 10.5 Å². The Kier molecular flexibility index (Phi) is 2.55. The number of aryl methyl sites for hydroxylation is 1. The monoisotopic (exact) mass is 236 g/mol. The first-order valence-electron chi connectivity index (χ1n) is 3.14. The lowest BCUT2D eigenvalue weighted by molar-refractivity contribution is 0.611. The van der Waals surface area contributed by atoms with Crippen LogP contribution in [0.4, 0.5) is 4.39 Å². The van der Waals surface area contributed by atoms with Crippen molar-refractivity contribution in [1.29, 1.82) is 0 Å². The van der Waals surface area contributed by atoms with E-state index in [1.165, 1.54) is 0 Å². The smallest absolute Gasteiger partial charge is 0.141 e. The fourth-order valence-electron chi connectivity index (χ4n) is 0.888. The van der Waals surface area contributed by atoms with E-state index >= 15 is 0 Å². The Labute approximate surface area is 78.5 Å². The van der Waals surface area contributed by atoms with Crippen LogP contribution in [-0.2, 0) is 0 Å². The molecule has 60 valence electrons. The maximum Gasteiger partial charge on any atom is 0.141 e. The van der Waals surface area contributed by atoms with E-state index in [4.69, 9.17) is 11.6 Å². The summed E-state index contributed by atoms with van der Waals surface area (Å²) in [6.45, 7) is 3.51. The van der Waals surface area contributed by atoms with E-state index in [2.05, 4.69) is 15.9 Å². The molecule has 0 fully saturated rings. The highest BCUT2D eigenvalue weighted by atomic mass is 79.9. The van der Waals surface area contributed by atoms with Gasteiger partial charge in [-0.1, -0.05) is 11.6 Å². The predicted molar refractivity (Wildman–Crippen MR) is 48.6 cm³/mol. The first kappa shape index (κ1) is 9.01. The summed E-state index contributed by atoms with van der Waals surface area (Å²) >= 11 is 8.89. The van der Waals surface area contributed by atoms with Crippen LogP contribution in [0.1, 0.15) is 11.1 Å². The molecule has 0 saturated heterocycles. The molecule has 0 aliphatic carbocycles. The summed E-state index contributed by atoms with van der Waals surface area (Å²) < 4.78 is 13.5. The largest absolute Gasteiger partial charge is 0.205 e. The Balaban J connectivity index is 3.46. The average Bonchev–Trinajstić information content (AvgIpc) is 1.97. The van der Waals surface area contributed by atoms with Crippen LogP contribution in [0.5, 0.6) is 0 Å². The van der Waals surface area contributed by atoms with Crippen molar-refractivity contribution in [2.24, 2.45) is 0 Å². The van der Waals surface area contributed by atoms with Gasteiger partial charge in [0.05, 0.1) is 4.47 Å². The van der Waals surface area contributed by atoms with E-state index < -0.39 is 0 Å². The van der Waals surface area contributed by atoms with Crippen LogP contribution < -0.4 is 0 Å². The number of halogens is 3. The summed E-state index contributed by atoms with van der Waals surface area (Å²) in [5.74, 6) is -0.277. The van der Waals surface area contributed by atoms with Crippen LogP contribution in [0.25, 0.3) is 0 Å². The first-order valence-corrected chi connectivity index (χ1v) is 4.32. The molecule has 0 radical (unpaired) electrons. The van der Waals surface area contributed by atoms with Crippen LogP contribution in [0.3, 0.4) is 0 Å². The Morgan fingerprint density at radius 1 is 1.45 bits per heavy atom. The van der Waals surface area contributed by atoms with Crippen molar-refractivity contribution in [3.05, 3.63) is 32.5 Å². The lowest BCUT2D eigenvalue weighted by Gasteiger charge is -2.04. The SMILES string of the molecule is Cc1cc(Br)c(F)c(C)c1Cl. The van der Waals surface area contributed by atoms with E-state index in [1.807, 2.05) is 6.92 Å². The Hall–Kier alpha value is -0.0800. The van der Waals surface area contributed by atoms with Gasteiger partial charge in [-0.25, -0.2) is 4.39 Å². The van der Waals surface area contributed by atoms with Crippen molar-refractivity contribution >= 4 is 27.5 Å². The van der Waals surface area contributed by atoms with Crippen molar-refractivity contribution in [2.45, 2.75) is 13.8 Å². The summed E-state index contributed by atoms with van der Waals surface area (Å²) in [5.41, 5.74) is 1.39. The predicted octanol–water partition coefficient (Wildman–Crippen LogP) is 3.86. The summed E-state index contributed by atoms with van der Waals surface area (Å²) in [6.07, 6.45) is 0. The third-order valence-corrected chi connectivity index (χ3v) is 2.72. The summed E-state index contributed by atoms with van der Waals surface area (Å²) in [5, 5.41) is 0.505. The normalized spacial score (nSPS) is 10.3. The van der Waals surface area contributed by atoms with E-state index in [-0.39, 0.29) is 5.82 Å². The number of rotatable bonds is 0. The van der Waals surface area contributed by atoms with Gasteiger partial charge in [0.25, 0.3) is 0 Å². The minimum Gasteiger partial charge on any atom is -0.205 e. The topological polar surface area (TPSA) is 0 Å². The molecule has 1 rings (SSSR count). The summed E-state index contributed by atoms with van der Waals surface area (Å²) in [6, 6.07) is 1.67. The number of benzene rings is 1. The van der Waals surface area contributed by atoms with Gasteiger partial charge in [-0.15, -0.1) is 0 Å². The Bertz CT molecular complexity index is 270. The fraction of sp³-hybridized carbons (Fsp3) is 0.250. The van der Waals surface area contributed by atoms with Gasteiger partial charge in [-0.3, -0.25) is 0 Å². The number of hydrogen-bond acceptors (Lipinski definition) is 0. The molecule has 0 spiro atoms. The second-order valence-corrected chi connectivity index (χ2v) is 3.66. The molecule has 11 heavy (non-hydrogen) atoms. The maximum absolute atomic E-state index is 13.0. The lowest BCUT2D eigenvalue weighted by atomic mass is 10.1. The second kappa shape index (κ2) is 3.11. The molecule has 0 bridgehead atoms. The quantitative estimate of drug-likeness (QED) is 0.601. The van der Waals surface area contributed by atoms with Crippen LogP contribution in [-0.4, -0.2) is 0 Å². The molecule has 0 amide bonds. The van der Waals surface area contributed by atoms with Crippen molar-refractivity contribution in [2.75, 3.05) is 0 Å². The zero-order valence-electron chi connectivity index (χ0n) is 6.21. The zero-order chi connectivity index (χ0) is 8.59. The second-order valence-electron chi connectivity index (χ2n) is 2.43. The molecule has 0 atom stereocenters. The summed E-state index contributed by atoms with van der Waals surface area (Å²) in [4.78, 5) is 0. The lowest BCUT2D eigenvalue weighted by Crippen LogP contribution is -1.88. The Morgan fingerprint density at radius 3 is 2.55 bits per heavy atom. The molecule has 0 N–H and O–H groups in total. The van der Waals surface area contributed by atoms with Crippen molar-refractivity contribution < 1.29 is 4.39 Å². The highest BCUT2D eigenvalue weighted by Gasteiger charge is 2.08. The van der Waals surface area contributed by atoms with Gasteiger partial charge in [-0.2, -0.15) is 0 Å². The molecule has 0 nitrogen and oxygen atoms in total. The third kappa shape index (κ3) is 1.57. The van der Waals surface area contributed by atoms with Crippen molar-refractivity contribution in [3.8, 4) is 0 Å². The summed E-state index contributed by atoms with van der Waals surface area (Å²) in [7, 11) is 0. The van der Waals surface area contributed by atoms with Crippen molar-refractivity contribution in [3.63, 3.8) is 0 Å². The molecular formula is C8H7BrClF. The zero-order valence-corrected chi connectivity index (χ0v) is 8.55. The molecule has 3 heteroatoms. The molecule has 0 aliphatic rings. The van der Waals surface area contributed by atoms with Gasteiger partial charge >= 0.3 is 0 Å². The molecule has 1 aromatic carbocycles. The van der Waals surface area contributed by atoms with Crippen LogP contribution in [0.2, 0.25) is 5.02 Å². The van der Waals surface area contributed by atoms with Gasteiger partial charge < -0.3 is 0 Å². The average molecular weight is 237 g/mol. The maximum atomic E-state index is 13.0. The molecular weight excluding hydrogens is 230 g/mol. The van der Waals surface area contributed by atoms with E-state index in [0.717, 1.165) is 5.56 Å². The van der Waals surface area contributed by atoms with Crippen molar-refractivity contribution in [1.82, 2.24) is 0 Å². The van der Waals surface area contributed by atoms with Gasteiger partial charge in [0.15, 0.2) is 0 Å². The molecule has 0 aliphatic heterocycles. The van der Waals surface area contributed by atoms with E-state index in [0.29, 0.717) is 15.1 Å². The molecule has 0 aromatic heterocycles. The minimum absolute atomic E-state index is 0.277. The fourth-order valence-corrected chi connectivity index (χ4v) is 1.67. The standard InChI is InChI=1S/C8H7BrClF/c1-4-3-6(9)8(11)5(2)7(4)10/h3H,1-2H3. The molecule has 0 unspecified atom stereocenters. The van der Waals surface area contributed by atoms with Gasteiger partial charge in [-0.05, 0) is 41.4 Å². The van der Waals surface area contributed by atoms with E-state index in [1.54, 1.807) is 13.0 Å². The minimum atomic E-state index is -0.277. The van der Waals surface area contributed by atoms with Crippen LogP contribution >= 0.6 is 27.5 Å². The molecule has 0 saturated carbocycles. The number of hydrogen-bond donors (Lipinski definition) is 0. The highest BCUT2D eigenvalue weighted by molar-refractivity contribution is 9.10. The molecule has 0 heterocycles. The van der Waals surface area contributed by atoms with Gasteiger partial charge in [0, 0.05) is 10.6 Å². The van der Waals surface area contributed by atoms with E-state index in [9.17, 15) is 4.39 Å². The van der Waals surface area contributed by atoms with Crippen LogP contribution in [0, 0.1) is 19.7 Å². The Morgan fingerprint density at radius 2 is 2.00 bits per heavy atom. The highest BCUT2D eigenvalue weighted by Crippen LogP contribution is 2.28. The molecule has 1 aromatic rings. The van der Waals surface area contributed by atoms with Gasteiger partial charge in [0.1, 0.15) is 5.82 Å².